The lowest BCUT2D eigenvalue weighted by molar-refractivity contribution is 0.0512. The van der Waals surface area contributed by atoms with Gasteiger partial charge in [0.1, 0.15) is 17.1 Å². The maximum Gasteiger partial charge on any atom is 0.369 e. The molecule has 0 fully saturated rings. The monoisotopic (exact) mass is 339 g/mol. The quantitative estimate of drug-likeness (QED) is 0.626. The van der Waals surface area contributed by atoms with Crippen LogP contribution in [0.1, 0.15) is 39.9 Å². The van der Waals surface area contributed by atoms with E-state index in [-0.39, 0.29) is 0 Å². The first kappa shape index (κ1) is 17.0. The van der Waals surface area contributed by atoms with Crippen molar-refractivity contribution >= 4 is 11.7 Å². The van der Waals surface area contributed by atoms with Crippen molar-refractivity contribution in [2.45, 2.75) is 26.2 Å². The third-order valence-corrected chi connectivity index (χ3v) is 4.49. The molecule has 2 aromatic rings. The number of hydrogen-bond acceptors (Lipinski definition) is 5. The van der Waals surface area contributed by atoms with Gasteiger partial charge in [-0.05, 0) is 61.6 Å². The predicted molar refractivity (Wildman–Crippen MR) is 95.6 cm³/mol. The zero-order chi connectivity index (χ0) is 17.8. The molecule has 25 heavy (non-hydrogen) atoms. The molecule has 1 aliphatic rings. The summed E-state index contributed by atoms with van der Waals surface area (Å²) in [4.78, 5) is 17.5. The van der Waals surface area contributed by atoms with Gasteiger partial charge in [0.05, 0.1) is 19.9 Å². The van der Waals surface area contributed by atoms with Gasteiger partial charge < -0.3 is 14.3 Å². The molecule has 0 amide bonds. The van der Waals surface area contributed by atoms with E-state index in [1.54, 1.807) is 31.4 Å². The number of nitrogens with zero attached hydrogens (tertiary/aromatic N) is 1. The Morgan fingerprint density at radius 1 is 1.00 bits per heavy atom. The first-order chi connectivity index (χ1) is 12.2. The number of carbonyl (C=O) groups excluding carboxylic acids is 1. The molecule has 0 aromatic heterocycles. The van der Waals surface area contributed by atoms with E-state index >= 15 is 0 Å². The number of hydrogen-bond donors (Lipinski definition) is 0. The zero-order valence-electron chi connectivity index (χ0n) is 14.7. The van der Waals surface area contributed by atoms with Crippen LogP contribution in [0, 0.1) is 6.92 Å². The van der Waals surface area contributed by atoms with Gasteiger partial charge in [-0.25, -0.2) is 4.79 Å². The van der Waals surface area contributed by atoms with E-state index in [9.17, 15) is 4.79 Å². The van der Waals surface area contributed by atoms with Gasteiger partial charge >= 0.3 is 5.97 Å². The summed E-state index contributed by atoms with van der Waals surface area (Å²) in [5.74, 6) is 0.811. The molecular formula is C20H21NO4. The minimum atomic E-state index is -0.526. The van der Waals surface area contributed by atoms with Crippen molar-refractivity contribution in [1.82, 2.24) is 0 Å². The highest BCUT2D eigenvalue weighted by molar-refractivity contribution is 6.03. The minimum Gasteiger partial charge on any atom is -0.496 e. The van der Waals surface area contributed by atoms with Gasteiger partial charge in [0, 0.05) is 5.56 Å². The van der Waals surface area contributed by atoms with E-state index in [1.165, 1.54) is 12.7 Å². The van der Waals surface area contributed by atoms with E-state index in [4.69, 9.17) is 14.3 Å². The van der Waals surface area contributed by atoms with Gasteiger partial charge in [-0.1, -0.05) is 17.3 Å². The van der Waals surface area contributed by atoms with Crippen molar-refractivity contribution < 1.29 is 19.1 Å². The van der Waals surface area contributed by atoms with Crippen molar-refractivity contribution in [3.8, 4) is 11.5 Å². The smallest absolute Gasteiger partial charge is 0.369 e. The molecule has 0 heterocycles. The second-order valence-corrected chi connectivity index (χ2v) is 5.89. The van der Waals surface area contributed by atoms with E-state index in [0.717, 1.165) is 41.9 Å². The van der Waals surface area contributed by atoms with E-state index in [1.807, 2.05) is 19.1 Å². The number of methoxy groups -OCH3 is 2. The first-order valence-corrected chi connectivity index (χ1v) is 8.23. The van der Waals surface area contributed by atoms with Crippen molar-refractivity contribution in [3.63, 3.8) is 0 Å². The molecular weight excluding hydrogens is 318 g/mol. The molecule has 5 heteroatoms. The van der Waals surface area contributed by atoms with Crippen LogP contribution in [0.25, 0.3) is 0 Å². The van der Waals surface area contributed by atoms with Crippen molar-refractivity contribution in [2.75, 3.05) is 14.2 Å². The Kier molecular flexibility index (Phi) is 5.03. The molecule has 0 unspecified atom stereocenters. The minimum absolute atomic E-state index is 0.358. The van der Waals surface area contributed by atoms with Crippen molar-refractivity contribution in [1.29, 1.82) is 0 Å². The van der Waals surface area contributed by atoms with Crippen LogP contribution < -0.4 is 9.47 Å². The fraction of sp³-hybridized carbons (Fsp3) is 0.300. The van der Waals surface area contributed by atoms with E-state index < -0.39 is 5.97 Å². The molecule has 3 rings (SSSR count). The Balaban J connectivity index is 1.87. The predicted octanol–water partition coefficient (Wildman–Crippen LogP) is 3.91. The highest BCUT2D eigenvalue weighted by Gasteiger charge is 2.21. The molecule has 0 aliphatic heterocycles. The summed E-state index contributed by atoms with van der Waals surface area (Å²) in [6.45, 7) is 2.04. The Bertz CT molecular complexity index is 826. The third-order valence-electron chi connectivity index (χ3n) is 4.49. The lowest BCUT2D eigenvalue weighted by atomic mass is 9.87. The summed E-state index contributed by atoms with van der Waals surface area (Å²) in [6, 6.07) is 10.8. The first-order valence-electron chi connectivity index (χ1n) is 8.23. The van der Waals surface area contributed by atoms with Gasteiger partial charge in [-0.2, -0.15) is 0 Å². The molecule has 1 aliphatic carbocycles. The van der Waals surface area contributed by atoms with Gasteiger partial charge in [-0.15, -0.1) is 0 Å². The van der Waals surface area contributed by atoms with Crippen LogP contribution in [0.5, 0.6) is 11.5 Å². The number of ether oxygens (including phenoxy) is 2. The molecule has 0 radical (unpaired) electrons. The van der Waals surface area contributed by atoms with E-state index in [0.29, 0.717) is 11.3 Å². The number of fused-ring (bicyclic) bond motifs is 1. The SMILES string of the molecule is COc1ccccc1C(=O)O/N=C1/CCCc2c1ccc(OC)c2C. The average molecular weight is 339 g/mol. The molecule has 130 valence electrons. The van der Waals surface area contributed by atoms with Gasteiger partial charge in [0.25, 0.3) is 0 Å². The van der Waals surface area contributed by atoms with Crippen LogP contribution >= 0.6 is 0 Å². The van der Waals surface area contributed by atoms with E-state index in [2.05, 4.69) is 5.16 Å². The lowest BCUT2D eigenvalue weighted by Gasteiger charge is -2.21. The largest absolute Gasteiger partial charge is 0.496 e. The summed E-state index contributed by atoms with van der Waals surface area (Å²) in [6.07, 6.45) is 2.71. The number of carbonyl (C=O) groups is 1. The van der Waals surface area contributed by atoms with Crippen molar-refractivity contribution in [2.24, 2.45) is 5.16 Å². The van der Waals surface area contributed by atoms with Gasteiger partial charge in [0.15, 0.2) is 0 Å². The standard InChI is InChI=1S/C20H21NO4/c1-13-14-8-6-9-17(15(14)11-12-18(13)23-2)21-25-20(22)16-7-4-5-10-19(16)24-3/h4-5,7,10-12H,6,8-9H2,1-3H3/b21-17-. The summed E-state index contributed by atoms with van der Waals surface area (Å²) in [5, 5.41) is 4.14. The lowest BCUT2D eigenvalue weighted by Crippen LogP contribution is -2.15. The summed E-state index contributed by atoms with van der Waals surface area (Å²) in [5.41, 5.74) is 4.49. The van der Waals surface area contributed by atoms with Crippen LogP contribution in [0.15, 0.2) is 41.6 Å². The maximum absolute atomic E-state index is 12.3. The van der Waals surface area contributed by atoms with Gasteiger partial charge in [-0.3, -0.25) is 0 Å². The molecule has 0 bridgehead atoms. The number of rotatable bonds is 4. The average Bonchev–Trinajstić information content (AvgIpc) is 2.66. The Morgan fingerprint density at radius 3 is 2.52 bits per heavy atom. The molecule has 0 saturated heterocycles. The maximum atomic E-state index is 12.3. The molecule has 0 N–H and O–H groups in total. The molecule has 0 atom stereocenters. The molecule has 2 aromatic carbocycles. The second kappa shape index (κ2) is 7.38. The Labute approximate surface area is 147 Å². The normalized spacial score (nSPS) is 14.8. The number of benzene rings is 2. The van der Waals surface area contributed by atoms with Crippen molar-refractivity contribution in [3.05, 3.63) is 58.7 Å². The number of para-hydroxylation sites is 1. The van der Waals surface area contributed by atoms with Crippen LogP contribution in [-0.2, 0) is 11.3 Å². The third kappa shape index (κ3) is 3.36. The molecule has 0 spiro atoms. The zero-order valence-corrected chi connectivity index (χ0v) is 14.7. The molecule has 0 saturated carbocycles. The van der Waals surface area contributed by atoms with Crippen LogP contribution in [0.4, 0.5) is 0 Å². The topological polar surface area (TPSA) is 57.1 Å². The molecule has 5 nitrogen and oxygen atoms in total. The summed E-state index contributed by atoms with van der Waals surface area (Å²) in [7, 11) is 3.19. The Morgan fingerprint density at radius 2 is 1.76 bits per heavy atom. The fourth-order valence-corrected chi connectivity index (χ4v) is 3.17. The van der Waals surface area contributed by atoms with Gasteiger partial charge in [0.2, 0.25) is 0 Å². The summed E-state index contributed by atoms with van der Waals surface area (Å²) < 4.78 is 10.6. The number of oxime groups is 1. The Hall–Kier alpha value is -2.82. The van der Waals surface area contributed by atoms with Crippen LogP contribution in [0.2, 0.25) is 0 Å². The van der Waals surface area contributed by atoms with Crippen LogP contribution in [-0.4, -0.2) is 25.9 Å². The van der Waals surface area contributed by atoms with Crippen LogP contribution in [0.3, 0.4) is 0 Å². The second-order valence-electron chi connectivity index (χ2n) is 5.89. The highest BCUT2D eigenvalue weighted by atomic mass is 16.7. The fourth-order valence-electron chi connectivity index (χ4n) is 3.17. The summed E-state index contributed by atoms with van der Waals surface area (Å²) >= 11 is 0. The highest BCUT2D eigenvalue weighted by Crippen LogP contribution is 2.31.